The fourth-order valence-corrected chi connectivity index (χ4v) is 1.00. The van der Waals surface area contributed by atoms with Crippen LogP contribution >= 0.6 is 0 Å². The molecule has 9 heteroatoms. The topological polar surface area (TPSA) is 120 Å². The smallest absolute Gasteiger partial charge is 0.284 e. The van der Waals surface area contributed by atoms with E-state index in [1.54, 1.807) is 0 Å². The highest BCUT2D eigenvalue weighted by molar-refractivity contribution is 5.86. The second-order valence-electron chi connectivity index (χ2n) is 2.85. The van der Waals surface area contributed by atoms with Crippen LogP contribution in [0.25, 0.3) is 0 Å². The van der Waals surface area contributed by atoms with Crippen molar-refractivity contribution in [3.63, 3.8) is 0 Å². The van der Waals surface area contributed by atoms with Crippen LogP contribution in [0.1, 0.15) is 5.56 Å². The molecule has 17 heavy (non-hydrogen) atoms. The van der Waals surface area contributed by atoms with E-state index in [9.17, 15) is 18.9 Å². The Hall–Kier alpha value is -2.58. The Balaban J connectivity index is 3.26. The SMILES string of the molecule is NC(N)=NN=Cc1c(F)cc(F)cc1[N+](=O)[O-]. The Morgan fingerprint density at radius 1 is 1.41 bits per heavy atom. The normalized spacial score (nSPS) is 10.5. The van der Waals surface area contributed by atoms with E-state index in [0.717, 1.165) is 6.21 Å². The minimum atomic E-state index is -1.13. The van der Waals surface area contributed by atoms with E-state index in [1.807, 2.05) is 0 Å². The molecule has 7 nitrogen and oxygen atoms in total. The molecule has 4 N–H and O–H groups in total. The molecule has 1 aromatic carbocycles. The fraction of sp³-hybridized carbons (Fsp3) is 0. The average molecular weight is 243 g/mol. The van der Waals surface area contributed by atoms with Crippen LogP contribution < -0.4 is 11.5 Å². The molecule has 0 saturated heterocycles. The number of hydrogen-bond donors (Lipinski definition) is 2. The van der Waals surface area contributed by atoms with Gasteiger partial charge in [0.15, 0.2) is 0 Å². The van der Waals surface area contributed by atoms with Crippen LogP contribution in [0.5, 0.6) is 0 Å². The third kappa shape index (κ3) is 3.19. The van der Waals surface area contributed by atoms with Crippen molar-refractivity contribution in [3.8, 4) is 0 Å². The van der Waals surface area contributed by atoms with Crippen molar-refractivity contribution in [2.45, 2.75) is 0 Å². The first-order valence-electron chi connectivity index (χ1n) is 4.17. The number of nitro benzene ring substituents is 1. The van der Waals surface area contributed by atoms with Gasteiger partial charge >= 0.3 is 0 Å². The van der Waals surface area contributed by atoms with E-state index in [4.69, 9.17) is 11.5 Å². The summed E-state index contributed by atoms with van der Waals surface area (Å²) in [4.78, 5) is 9.61. The monoisotopic (exact) mass is 243 g/mol. The van der Waals surface area contributed by atoms with Crippen molar-refractivity contribution < 1.29 is 13.7 Å². The van der Waals surface area contributed by atoms with Crippen LogP contribution in [0.3, 0.4) is 0 Å². The number of nitro groups is 1. The molecule has 0 aliphatic rings. The van der Waals surface area contributed by atoms with Crippen LogP contribution in [0.2, 0.25) is 0 Å². The maximum atomic E-state index is 13.2. The zero-order valence-electron chi connectivity index (χ0n) is 8.30. The third-order valence-corrected chi connectivity index (χ3v) is 1.63. The summed E-state index contributed by atoms with van der Waals surface area (Å²) in [6, 6.07) is 1.06. The second-order valence-corrected chi connectivity index (χ2v) is 2.85. The first-order chi connectivity index (χ1) is 7.91. The Morgan fingerprint density at radius 3 is 2.59 bits per heavy atom. The predicted molar refractivity (Wildman–Crippen MR) is 56.4 cm³/mol. The van der Waals surface area contributed by atoms with Gasteiger partial charge in [-0.2, -0.15) is 5.10 Å². The van der Waals surface area contributed by atoms with Gasteiger partial charge in [-0.1, -0.05) is 0 Å². The summed E-state index contributed by atoms with van der Waals surface area (Å²) in [5.41, 5.74) is 8.61. The molecule has 0 aliphatic carbocycles. The van der Waals surface area contributed by atoms with E-state index in [2.05, 4.69) is 10.2 Å². The van der Waals surface area contributed by atoms with Crippen LogP contribution in [0.15, 0.2) is 22.3 Å². The van der Waals surface area contributed by atoms with E-state index in [1.165, 1.54) is 0 Å². The highest BCUT2D eigenvalue weighted by Crippen LogP contribution is 2.21. The number of benzene rings is 1. The van der Waals surface area contributed by atoms with Gasteiger partial charge in [0.05, 0.1) is 17.2 Å². The summed E-state index contributed by atoms with van der Waals surface area (Å²) in [6.45, 7) is 0. The first-order valence-corrected chi connectivity index (χ1v) is 4.17. The zero-order chi connectivity index (χ0) is 13.0. The van der Waals surface area contributed by atoms with Gasteiger partial charge in [0.2, 0.25) is 5.96 Å². The van der Waals surface area contributed by atoms with E-state index < -0.39 is 33.8 Å². The molecule has 0 amide bonds. The van der Waals surface area contributed by atoms with Gasteiger partial charge in [-0.15, -0.1) is 5.10 Å². The molecule has 0 saturated carbocycles. The zero-order valence-corrected chi connectivity index (χ0v) is 8.30. The predicted octanol–water partition coefficient (Wildman–Crippen LogP) is 0.480. The lowest BCUT2D eigenvalue weighted by atomic mass is 10.2. The minimum Gasteiger partial charge on any atom is -0.369 e. The Morgan fingerprint density at radius 2 is 2.06 bits per heavy atom. The van der Waals surface area contributed by atoms with Crippen LogP contribution in [-0.4, -0.2) is 17.1 Å². The lowest BCUT2D eigenvalue weighted by Gasteiger charge is -1.98. The van der Waals surface area contributed by atoms with Gasteiger partial charge in [0.25, 0.3) is 5.69 Å². The first kappa shape index (κ1) is 12.5. The quantitative estimate of drug-likeness (QED) is 0.347. The summed E-state index contributed by atoms with van der Waals surface area (Å²) in [5.74, 6) is -2.59. The number of nitrogens with two attached hydrogens (primary N) is 2. The van der Waals surface area contributed by atoms with Crippen LogP contribution in [0.4, 0.5) is 14.5 Å². The highest BCUT2D eigenvalue weighted by atomic mass is 19.1. The number of nitrogens with zero attached hydrogens (tertiary/aromatic N) is 3. The van der Waals surface area contributed by atoms with Crippen molar-refractivity contribution in [1.29, 1.82) is 0 Å². The molecule has 0 spiro atoms. The molecule has 0 aromatic heterocycles. The van der Waals surface area contributed by atoms with Crippen molar-refractivity contribution in [2.75, 3.05) is 0 Å². The maximum absolute atomic E-state index is 13.2. The summed E-state index contributed by atoms with van der Waals surface area (Å²) in [6.07, 6.45) is 0.729. The molecule has 0 bridgehead atoms. The van der Waals surface area contributed by atoms with E-state index in [-0.39, 0.29) is 0 Å². The van der Waals surface area contributed by atoms with Crippen molar-refractivity contribution in [3.05, 3.63) is 39.4 Å². The van der Waals surface area contributed by atoms with Crippen LogP contribution in [0, 0.1) is 21.7 Å². The molecular weight excluding hydrogens is 236 g/mol. The van der Waals surface area contributed by atoms with Gasteiger partial charge in [-0.3, -0.25) is 10.1 Å². The van der Waals surface area contributed by atoms with Gasteiger partial charge in [0, 0.05) is 6.07 Å². The number of halogens is 2. The summed E-state index contributed by atoms with van der Waals surface area (Å²) in [7, 11) is 0. The van der Waals surface area contributed by atoms with E-state index in [0.29, 0.717) is 12.1 Å². The molecule has 0 aliphatic heterocycles. The van der Waals surface area contributed by atoms with Crippen LogP contribution in [-0.2, 0) is 0 Å². The lowest BCUT2D eigenvalue weighted by Crippen LogP contribution is -2.21. The highest BCUT2D eigenvalue weighted by Gasteiger charge is 2.18. The molecular formula is C8H7F2N5O2. The number of guanidine groups is 1. The molecule has 0 unspecified atom stereocenters. The molecule has 0 fully saturated rings. The average Bonchev–Trinajstić information content (AvgIpc) is 2.19. The number of hydrogen-bond acceptors (Lipinski definition) is 4. The van der Waals surface area contributed by atoms with Crippen molar-refractivity contribution >= 4 is 17.9 Å². The third-order valence-electron chi connectivity index (χ3n) is 1.63. The lowest BCUT2D eigenvalue weighted by molar-refractivity contribution is -0.385. The van der Waals surface area contributed by atoms with Gasteiger partial charge < -0.3 is 11.5 Å². The molecule has 1 rings (SSSR count). The molecule has 0 atom stereocenters. The second kappa shape index (κ2) is 4.96. The summed E-state index contributed by atoms with van der Waals surface area (Å²) < 4.78 is 26.0. The fourth-order valence-electron chi connectivity index (χ4n) is 1.00. The maximum Gasteiger partial charge on any atom is 0.284 e. The van der Waals surface area contributed by atoms with Crippen molar-refractivity contribution in [2.24, 2.45) is 21.7 Å². The Bertz CT molecular complexity index is 511. The molecule has 90 valence electrons. The van der Waals surface area contributed by atoms with Crippen molar-refractivity contribution in [1.82, 2.24) is 0 Å². The van der Waals surface area contributed by atoms with Gasteiger partial charge in [0.1, 0.15) is 17.2 Å². The summed E-state index contributed by atoms with van der Waals surface area (Å²) >= 11 is 0. The largest absolute Gasteiger partial charge is 0.369 e. The standard InChI is InChI=1S/C8H7F2N5O2/c9-4-1-6(10)5(3-13-14-8(11)12)7(2-4)15(16)17/h1-3H,(H4,11,12,14). The molecule has 1 aromatic rings. The van der Waals surface area contributed by atoms with E-state index >= 15 is 0 Å². The summed E-state index contributed by atoms with van der Waals surface area (Å²) in [5, 5.41) is 16.9. The van der Waals surface area contributed by atoms with Gasteiger partial charge in [-0.05, 0) is 0 Å². The Kier molecular flexibility index (Phi) is 3.65. The van der Waals surface area contributed by atoms with Gasteiger partial charge in [-0.25, -0.2) is 8.78 Å². The molecule has 0 radical (unpaired) electrons. The minimum absolute atomic E-state index is 0.397. The Labute approximate surface area is 93.6 Å². The molecule has 0 heterocycles. The number of rotatable bonds is 3.